The van der Waals surface area contributed by atoms with E-state index in [0.717, 1.165) is 5.56 Å². The summed E-state index contributed by atoms with van der Waals surface area (Å²) in [5.74, 6) is -1.02. The summed E-state index contributed by atoms with van der Waals surface area (Å²) in [6.07, 6.45) is 2.71. The van der Waals surface area contributed by atoms with Crippen LogP contribution in [0.3, 0.4) is 0 Å². The van der Waals surface area contributed by atoms with E-state index >= 15 is 0 Å². The maximum absolute atomic E-state index is 13.0. The molecule has 2 aromatic carbocycles. The molecule has 0 aliphatic rings. The zero-order valence-corrected chi connectivity index (χ0v) is 16.7. The fourth-order valence-corrected chi connectivity index (χ4v) is 3.06. The van der Waals surface area contributed by atoms with E-state index in [1.807, 2.05) is 0 Å². The van der Waals surface area contributed by atoms with Gasteiger partial charge in [-0.15, -0.1) is 0 Å². The first-order chi connectivity index (χ1) is 14.7. The van der Waals surface area contributed by atoms with Gasteiger partial charge in [0.2, 0.25) is 5.82 Å². The highest BCUT2D eigenvalue weighted by Crippen LogP contribution is 2.32. The Balaban J connectivity index is 1.45. The maximum Gasteiger partial charge on any atom is 0.400 e. The smallest absolute Gasteiger partial charge is 0.400 e. The molecule has 0 aliphatic carbocycles. The van der Waals surface area contributed by atoms with Crippen molar-refractivity contribution in [2.24, 2.45) is 0 Å². The molecule has 0 bridgehead atoms. The average Bonchev–Trinajstić information content (AvgIpc) is 3.42. The third-order valence-electron chi connectivity index (χ3n) is 4.50. The largest absolute Gasteiger partial charge is 0.451 e. The summed E-state index contributed by atoms with van der Waals surface area (Å²) in [5, 5.41) is 2.66. The molecular weight excluding hydrogens is 436 g/mol. The highest BCUT2D eigenvalue weighted by atomic mass is 35.5. The minimum absolute atomic E-state index is 0.0305. The summed E-state index contributed by atoms with van der Waals surface area (Å²) in [4.78, 5) is 33.2. The Bertz CT molecular complexity index is 1260. The van der Waals surface area contributed by atoms with E-state index in [1.54, 1.807) is 36.2 Å². The number of alkyl halides is 3. The Kier molecular flexibility index (Phi) is 5.27. The van der Waals surface area contributed by atoms with Crippen LogP contribution in [-0.4, -0.2) is 22.2 Å². The topological polar surface area (TPSA) is 114 Å². The van der Waals surface area contributed by atoms with Gasteiger partial charge in [-0.3, -0.25) is 9.59 Å². The molecule has 4 aromatic rings. The van der Waals surface area contributed by atoms with E-state index in [-0.39, 0.29) is 23.7 Å². The molecule has 0 saturated heterocycles. The minimum atomic E-state index is -3.74. The van der Waals surface area contributed by atoms with Crippen molar-refractivity contribution in [3.8, 4) is 11.4 Å². The first-order valence-corrected chi connectivity index (χ1v) is 9.27. The molecule has 9 nitrogen and oxygen atoms in total. The summed E-state index contributed by atoms with van der Waals surface area (Å²) >= 11 is 4.87. The molecule has 0 aliphatic heterocycles. The zero-order chi connectivity index (χ0) is 22.2. The van der Waals surface area contributed by atoms with Gasteiger partial charge in [0.05, 0.1) is 12.2 Å². The van der Waals surface area contributed by atoms with Crippen molar-refractivity contribution in [3.63, 3.8) is 0 Å². The Morgan fingerprint density at radius 1 is 1.19 bits per heavy atom. The summed E-state index contributed by atoms with van der Waals surface area (Å²) < 4.78 is 35.4. The molecule has 0 radical (unpaired) electrons. The van der Waals surface area contributed by atoms with E-state index in [2.05, 4.69) is 25.0 Å². The van der Waals surface area contributed by atoms with Crippen molar-refractivity contribution in [1.82, 2.24) is 15.1 Å². The van der Waals surface area contributed by atoms with Gasteiger partial charge < -0.3 is 19.2 Å². The van der Waals surface area contributed by atoms with Gasteiger partial charge in [0.15, 0.2) is 6.39 Å². The lowest BCUT2D eigenvalue weighted by Gasteiger charge is -2.23. The Morgan fingerprint density at radius 3 is 2.55 bits per heavy atom. The molecule has 0 saturated carbocycles. The standard InChI is InChI=1S/C19H14ClF2N5O4/c1-27(14-13(15(28)16(14)29)23-6-12-8-30-9-24-12)7-10-2-4-11(5-3-10)17-25-18(31-26-17)19(20,21)22/h2-5,8-9,23H,6-7H2,1H3. The van der Waals surface area contributed by atoms with E-state index in [1.165, 1.54) is 12.7 Å². The summed E-state index contributed by atoms with van der Waals surface area (Å²) in [7, 11) is 1.68. The van der Waals surface area contributed by atoms with Crippen LogP contribution in [0.2, 0.25) is 0 Å². The van der Waals surface area contributed by atoms with Crippen molar-refractivity contribution >= 4 is 23.0 Å². The number of rotatable bonds is 8. The Hall–Kier alpha value is -3.60. The van der Waals surface area contributed by atoms with Crippen LogP contribution in [0.1, 0.15) is 17.1 Å². The second-order valence-electron chi connectivity index (χ2n) is 6.69. The lowest BCUT2D eigenvalue weighted by molar-refractivity contribution is 0.0551. The highest BCUT2D eigenvalue weighted by Gasteiger charge is 2.35. The van der Waals surface area contributed by atoms with Crippen LogP contribution in [0.25, 0.3) is 11.4 Å². The molecule has 0 amide bonds. The maximum atomic E-state index is 13.0. The summed E-state index contributed by atoms with van der Waals surface area (Å²) in [6.45, 7) is 0.561. The lowest BCUT2D eigenvalue weighted by atomic mass is 10.1. The number of oxazole rings is 1. The monoisotopic (exact) mass is 449 g/mol. The lowest BCUT2D eigenvalue weighted by Crippen LogP contribution is -2.41. The molecule has 160 valence electrons. The Morgan fingerprint density at radius 2 is 1.94 bits per heavy atom. The molecule has 2 aromatic heterocycles. The van der Waals surface area contributed by atoms with Gasteiger partial charge in [0.25, 0.3) is 10.9 Å². The van der Waals surface area contributed by atoms with E-state index in [4.69, 9.17) is 16.0 Å². The molecule has 4 rings (SSSR count). The number of aromatic nitrogens is 3. The number of halogens is 3. The first-order valence-electron chi connectivity index (χ1n) is 8.89. The highest BCUT2D eigenvalue weighted by molar-refractivity contribution is 6.21. The van der Waals surface area contributed by atoms with Gasteiger partial charge in [-0.05, 0) is 17.2 Å². The number of nitrogens with zero attached hydrogens (tertiary/aromatic N) is 4. The van der Waals surface area contributed by atoms with Gasteiger partial charge in [-0.25, -0.2) is 4.98 Å². The molecular formula is C19H14ClF2N5O4. The minimum Gasteiger partial charge on any atom is -0.451 e. The number of benzene rings is 1. The fourth-order valence-electron chi connectivity index (χ4n) is 2.98. The molecule has 31 heavy (non-hydrogen) atoms. The average molecular weight is 450 g/mol. The van der Waals surface area contributed by atoms with E-state index in [9.17, 15) is 18.4 Å². The molecule has 0 spiro atoms. The fraction of sp³-hybridized carbons (Fsp3) is 0.211. The molecule has 0 unspecified atom stereocenters. The normalized spacial score (nSPS) is 11.7. The van der Waals surface area contributed by atoms with Crippen molar-refractivity contribution in [3.05, 3.63) is 74.5 Å². The van der Waals surface area contributed by atoms with Gasteiger partial charge >= 0.3 is 11.3 Å². The van der Waals surface area contributed by atoms with E-state index in [0.29, 0.717) is 17.8 Å². The van der Waals surface area contributed by atoms with Crippen molar-refractivity contribution in [1.29, 1.82) is 0 Å². The molecule has 0 atom stereocenters. The van der Waals surface area contributed by atoms with Crippen LogP contribution in [-0.2, 0) is 18.5 Å². The van der Waals surface area contributed by atoms with Gasteiger partial charge in [-0.1, -0.05) is 29.4 Å². The number of hydrogen-bond acceptors (Lipinski definition) is 9. The van der Waals surface area contributed by atoms with E-state index < -0.39 is 22.1 Å². The second-order valence-corrected chi connectivity index (χ2v) is 7.16. The summed E-state index contributed by atoms with van der Waals surface area (Å²) in [5.41, 5.74) is 1.15. The molecule has 2 heterocycles. The van der Waals surface area contributed by atoms with Crippen LogP contribution in [0.15, 0.2) is 55.5 Å². The summed E-state index contributed by atoms with van der Waals surface area (Å²) in [6, 6.07) is 6.68. The van der Waals surface area contributed by atoms with Gasteiger partial charge in [0, 0.05) is 19.2 Å². The van der Waals surface area contributed by atoms with Crippen molar-refractivity contribution < 1.29 is 17.7 Å². The van der Waals surface area contributed by atoms with Crippen LogP contribution in [0.5, 0.6) is 0 Å². The predicted molar refractivity (Wildman–Crippen MR) is 107 cm³/mol. The number of hydrogen-bond donors (Lipinski definition) is 1. The second kappa shape index (κ2) is 7.91. The molecule has 0 fully saturated rings. The third-order valence-corrected chi connectivity index (χ3v) is 4.66. The Labute approximate surface area is 178 Å². The zero-order valence-electron chi connectivity index (χ0n) is 15.9. The number of anilines is 2. The molecule has 12 heteroatoms. The van der Waals surface area contributed by atoms with Gasteiger partial charge in [0.1, 0.15) is 17.6 Å². The molecule has 1 N–H and O–H groups in total. The quantitative estimate of drug-likeness (QED) is 0.320. The van der Waals surface area contributed by atoms with Crippen LogP contribution < -0.4 is 21.1 Å². The SMILES string of the molecule is CN(Cc1ccc(-c2noc(C(F)(F)Cl)n2)cc1)c1c(NCc2cocn2)c(=O)c1=O. The first kappa shape index (κ1) is 20.7. The predicted octanol–water partition coefficient (Wildman–Crippen LogP) is 2.86. The third kappa shape index (κ3) is 4.17. The number of nitrogens with one attached hydrogen (secondary N) is 1. The van der Waals surface area contributed by atoms with Crippen LogP contribution in [0.4, 0.5) is 20.2 Å². The van der Waals surface area contributed by atoms with Crippen LogP contribution >= 0.6 is 11.6 Å². The van der Waals surface area contributed by atoms with Crippen molar-refractivity contribution in [2.45, 2.75) is 18.5 Å². The van der Waals surface area contributed by atoms with Gasteiger partial charge in [-0.2, -0.15) is 13.8 Å². The van der Waals surface area contributed by atoms with Crippen LogP contribution in [0, 0.1) is 0 Å². The van der Waals surface area contributed by atoms with Crippen molar-refractivity contribution in [2.75, 3.05) is 17.3 Å².